The van der Waals surface area contributed by atoms with Crippen LogP contribution in [0.5, 0.6) is 5.88 Å². The van der Waals surface area contributed by atoms with Gasteiger partial charge in [-0.2, -0.15) is 9.57 Å². The van der Waals surface area contributed by atoms with Crippen molar-refractivity contribution in [2.75, 3.05) is 13.1 Å². The van der Waals surface area contributed by atoms with Gasteiger partial charge in [0.05, 0.1) is 24.4 Å². The first-order valence-electron chi connectivity index (χ1n) is 7.52. The third-order valence-corrected chi connectivity index (χ3v) is 5.58. The largest absolute Gasteiger partial charge is 0.472 e. The van der Waals surface area contributed by atoms with Gasteiger partial charge < -0.3 is 4.74 Å². The van der Waals surface area contributed by atoms with Gasteiger partial charge in [0.2, 0.25) is 15.9 Å². The third-order valence-electron chi connectivity index (χ3n) is 3.79. The number of aromatic nitrogens is 1. The highest BCUT2D eigenvalue weighted by atomic mass is 32.2. The van der Waals surface area contributed by atoms with Crippen LogP contribution in [0.1, 0.15) is 16.7 Å². The van der Waals surface area contributed by atoms with E-state index in [9.17, 15) is 8.42 Å². The molecule has 1 fully saturated rings. The lowest BCUT2D eigenvalue weighted by Gasteiger charge is -2.37. The standard InChI is InChI=1S/C17H17N3O3S/c1-13-3-2-4-14(7-13)12-24(21,22)20-10-16(11-20)23-17-6-5-15(8-18)9-19-17/h2-7,9,16H,10-12H2,1H3. The molecular weight excluding hydrogens is 326 g/mol. The fourth-order valence-electron chi connectivity index (χ4n) is 2.49. The van der Waals surface area contributed by atoms with Crippen LogP contribution in [0.15, 0.2) is 42.6 Å². The minimum atomic E-state index is -3.34. The maximum atomic E-state index is 12.4. The average molecular weight is 343 g/mol. The topological polar surface area (TPSA) is 83.3 Å². The van der Waals surface area contributed by atoms with Crippen molar-refractivity contribution in [2.45, 2.75) is 18.8 Å². The molecule has 24 heavy (non-hydrogen) atoms. The van der Waals surface area contributed by atoms with E-state index in [2.05, 4.69) is 4.98 Å². The van der Waals surface area contributed by atoms with Crippen molar-refractivity contribution in [2.24, 2.45) is 0 Å². The number of hydrogen-bond acceptors (Lipinski definition) is 5. The molecule has 0 saturated carbocycles. The van der Waals surface area contributed by atoms with Crippen LogP contribution < -0.4 is 4.74 Å². The molecule has 2 aromatic rings. The first kappa shape index (κ1) is 16.4. The van der Waals surface area contributed by atoms with Crippen LogP contribution in [0.25, 0.3) is 0 Å². The summed E-state index contributed by atoms with van der Waals surface area (Å²) in [5, 5.41) is 8.73. The van der Waals surface area contributed by atoms with E-state index in [1.165, 1.54) is 10.5 Å². The van der Waals surface area contributed by atoms with Gasteiger partial charge in [-0.05, 0) is 18.6 Å². The number of aryl methyl sites for hydroxylation is 1. The Kier molecular flexibility index (Phi) is 4.51. The van der Waals surface area contributed by atoms with Gasteiger partial charge in [0.1, 0.15) is 12.2 Å². The zero-order valence-electron chi connectivity index (χ0n) is 13.2. The molecule has 1 aliphatic heterocycles. The minimum Gasteiger partial charge on any atom is -0.472 e. The second-order valence-electron chi connectivity index (χ2n) is 5.80. The molecule has 0 N–H and O–H groups in total. The van der Waals surface area contributed by atoms with Gasteiger partial charge in [0.25, 0.3) is 0 Å². The van der Waals surface area contributed by atoms with Gasteiger partial charge in [0.15, 0.2) is 0 Å². The highest BCUT2D eigenvalue weighted by molar-refractivity contribution is 7.88. The second kappa shape index (κ2) is 6.59. The molecule has 1 saturated heterocycles. The molecule has 0 amide bonds. The Labute approximate surface area is 141 Å². The Morgan fingerprint density at radius 3 is 2.75 bits per heavy atom. The van der Waals surface area contributed by atoms with Gasteiger partial charge in [-0.15, -0.1) is 0 Å². The van der Waals surface area contributed by atoms with Crippen molar-refractivity contribution in [3.63, 3.8) is 0 Å². The lowest BCUT2D eigenvalue weighted by molar-refractivity contribution is 0.0720. The number of pyridine rings is 1. The summed E-state index contributed by atoms with van der Waals surface area (Å²) in [6.07, 6.45) is 1.22. The van der Waals surface area contributed by atoms with Crippen molar-refractivity contribution in [1.29, 1.82) is 5.26 Å². The smallest absolute Gasteiger partial charge is 0.218 e. The molecule has 0 atom stereocenters. The van der Waals surface area contributed by atoms with E-state index in [-0.39, 0.29) is 11.9 Å². The molecule has 6 nitrogen and oxygen atoms in total. The third kappa shape index (κ3) is 3.72. The maximum Gasteiger partial charge on any atom is 0.218 e. The van der Waals surface area contributed by atoms with Crippen molar-refractivity contribution >= 4 is 10.0 Å². The molecule has 0 aliphatic carbocycles. The van der Waals surface area contributed by atoms with Gasteiger partial charge >= 0.3 is 0 Å². The lowest BCUT2D eigenvalue weighted by atomic mass is 10.2. The van der Waals surface area contributed by atoms with Crippen LogP contribution in [0.2, 0.25) is 0 Å². The molecule has 0 unspecified atom stereocenters. The molecule has 1 aliphatic rings. The zero-order chi connectivity index (χ0) is 17.2. The monoisotopic (exact) mass is 343 g/mol. The zero-order valence-corrected chi connectivity index (χ0v) is 14.0. The van der Waals surface area contributed by atoms with Crippen LogP contribution in [-0.2, 0) is 15.8 Å². The van der Waals surface area contributed by atoms with Gasteiger partial charge in [-0.3, -0.25) is 0 Å². The predicted molar refractivity (Wildman–Crippen MR) is 88.7 cm³/mol. The number of nitriles is 1. The number of ether oxygens (including phenoxy) is 1. The number of sulfonamides is 1. The summed E-state index contributed by atoms with van der Waals surface area (Å²) in [6.45, 7) is 2.57. The Hall–Kier alpha value is -2.43. The fraction of sp³-hybridized carbons (Fsp3) is 0.294. The van der Waals surface area contributed by atoms with E-state index in [1.807, 2.05) is 37.3 Å². The average Bonchev–Trinajstić information content (AvgIpc) is 2.50. The van der Waals surface area contributed by atoms with Crippen molar-refractivity contribution in [3.05, 3.63) is 59.3 Å². The molecule has 3 rings (SSSR count). The summed E-state index contributed by atoms with van der Waals surface area (Å²) in [5.74, 6) is 0.394. The summed E-state index contributed by atoms with van der Waals surface area (Å²) in [4.78, 5) is 4.02. The Balaban J connectivity index is 1.56. The quantitative estimate of drug-likeness (QED) is 0.827. The lowest BCUT2D eigenvalue weighted by Crippen LogP contribution is -2.56. The SMILES string of the molecule is Cc1cccc(CS(=O)(=O)N2CC(Oc3ccc(C#N)cn3)C2)c1. The van der Waals surface area contributed by atoms with E-state index in [0.717, 1.165) is 11.1 Å². The van der Waals surface area contributed by atoms with E-state index < -0.39 is 10.0 Å². The molecule has 0 bridgehead atoms. The molecular formula is C17H17N3O3S. The van der Waals surface area contributed by atoms with Crippen molar-refractivity contribution < 1.29 is 13.2 Å². The number of nitrogens with zero attached hydrogens (tertiary/aromatic N) is 3. The van der Waals surface area contributed by atoms with Crippen LogP contribution in [0.4, 0.5) is 0 Å². The van der Waals surface area contributed by atoms with Crippen LogP contribution in [-0.4, -0.2) is 36.9 Å². The summed E-state index contributed by atoms with van der Waals surface area (Å²) >= 11 is 0. The highest BCUT2D eigenvalue weighted by Gasteiger charge is 2.37. The van der Waals surface area contributed by atoms with Crippen LogP contribution >= 0.6 is 0 Å². The second-order valence-corrected chi connectivity index (χ2v) is 7.77. The van der Waals surface area contributed by atoms with E-state index in [4.69, 9.17) is 10.00 Å². The number of benzene rings is 1. The summed E-state index contributed by atoms with van der Waals surface area (Å²) in [5.41, 5.74) is 2.28. The summed E-state index contributed by atoms with van der Waals surface area (Å²) < 4.78 is 31.8. The van der Waals surface area contributed by atoms with Gasteiger partial charge in [0, 0.05) is 12.3 Å². The molecule has 0 radical (unpaired) electrons. The molecule has 7 heteroatoms. The Morgan fingerprint density at radius 1 is 1.33 bits per heavy atom. The van der Waals surface area contributed by atoms with Crippen molar-refractivity contribution in [3.8, 4) is 11.9 Å². The first-order valence-corrected chi connectivity index (χ1v) is 9.13. The van der Waals surface area contributed by atoms with Gasteiger partial charge in [-0.25, -0.2) is 13.4 Å². The summed E-state index contributed by atoms with van der Waals surface area (Å²) in [6, 6.07) is 12.7. The number of hydrogen-bond donors (Lipinski definition) is 0. The van der Waals surface area contributed by atoms with Crippen LogP contribution in [0.3, 0.4) is 0 Å². The maximum absolute atomic E-state index is 12.4. The minimum absolute atomic E-state index is 0.00346. The van der Waals surface area contributed by atoms with Gasteiger partial charge in [-0.1, -0.05) is 29.8 Å². The number of rotatable bonds is 5. The highest BCUT2D eigenvalue weighted by Crippen LogP contribution is 2.22. The fourth-order valence-corrected chi connectivity index (χ4v) is 4.06. The molecule has 1 aromatic carbocycles. The first-order chi connectivity index (χ1) is 11.5. The summed E-state index contributed by atoms with van der Waals surface area (Å²) in [7, 11) is -3.34. The van der Waals surface area contributed by atoms with Crippen LogP contribution in [0, 0.1) is 18.3 Å². The molecule has 2 heterocycles. The normalized spacial score (nSPS) is 15.5. The van der Waals surface area contributed by atoms with Crippen molar-refractivity contribution in [1.82, 2.24) is 9.29 Å². The molecule has 1 aromatic heterocycles. The Bertz CT molecular complexity index is 867. The van der Waals surface area contributed by atoms with E-state index >= 15 is 0 Å². The van der Waals surface area contributed by atoms with E-state index in [1.54, 1.807) is 12.1 Å². The molecule has 0 spiro atoms. The molecule has 124 valence electrons. The Morgan fingerprint density at radius 2 is 2.12 bits per heavy atom. The van der Waals surface area contributed by atoms with E-state index in [0.29, 0.717) is 24.5 Å². The predicted octanol–water partition coefficient (Wildman–Crippen LogP) is 1.85.